The number of amides is 1. The molecule has 214 valence electrons. The van der Waals surface area contributed by atoms with Crippen LogP contribution in [0.4, 0.5) is 14.5 Å². The molecule has 1 fully saturated rings. The number of rotatable bonds is 7. The number of nitriles is 1. The van der Waals surface area contributed by atoms with E-state index in [0.29, 0.717) is 12.1 Å². The highest BCUT2D eigenvalue weighted by Crippen LogP contribution is 2.52. The van der Waals surface area contributed by atoms with E-state index >= 15 is 8.78 Å². The molecule has 10 heteroatoms. The fraction of sp³-hybridized carbons (Fsp3) is 0.323. The number of carbonyl (C=O) groups is 2. The van der Waals surface area contributed by atoms with Crippen molar-refractivity contribution in [3.63, 3.8) is 0 Å². The molecular weight excluding hydrogens is 571 g/mol. The molecule has 1 aliphatic rings. The van der Waals surface area contributed by atoms with Crippen molar-refractivity contribution in [1.29, 1.82) is 5.26 Å². The monoisotopic (exact) mass is 599 g/mol. The van der Waals surface area contributed by atoms with Gasteiger partial charge in [-0.3, -0.25) is 9.59 Å². The summed E-state index contributed by atoms with van der Waals surface area (Å²) < 4.78 is 31.4. The van der Waals surface area contributed by atoms with Crippen molar-refractivity contribution >= 4 is 40.6 Å². The van der Waals surface area contributed by atoms with E-state index in [9.17, 15) is 14.9 Å². The van der Waals surface area contributed by atoms with Crippen molar-refractivity contribution in [3.05, 3.63) is 99.0 Å². The second kappa shape index (κ2) is 11.9. The predicted molar refractivity (Wildman–Crippen MR) is 154 cm³/mol. The van der Waals surface area contributed by atoms with Gasteiger partial charge in [-0.1, -0.05) is 62.2 Å². The number of hydrogen-bond acceptors (Lipinski definition) is 5. The minimum atomic E-state index is -1.74. The first-order valence-electron chi connectivity index (χ1n) is 12.9. The van der Waals surface area contributed by atoms with Gasteiger partial charge < -0.3 is 15.7 Å². The highest BCUT2D eigenvalue weighted by Gasteiger charge is 2.61. The van der Waals surface area contributed by atoms with E-state index in [2.05, 4.69) is 16.7 Å². The zero-order valence-electron chi connectivity index (χ0n) is 22.6. The average molecular weight is 600 g/mol. The van der Waals surface area contributed by atoms with E-state index in [4.69, 9.17) is 28.3 Å². The quantitative estimate of drug-likeness (QED) is 0.272. The van der Waals surface area contributed by atoms with Crippen molar-refractivity contribution in [2.24, 2.45) is 5.41 Å². The van der Waals surface area contributed by atoms with E-state index in [1.54, 1.807) is 0 Å². The lowest BCUT2D eigenvalue weighted by Gasteiger charge is -2.37. The molecule has 3 aromatic carbocycles. The molecule has 1 saturated heterocycles. The van der Waals surface area contributed by atoms with Crippen LogP contribution in [0.5, 0.6) is 0 Å². The number of nitrogens with zero attached hydrogens (tertiary/aromatic N) is 1. The standard InChI is InChI=1S/C31H29Cl2F2N3O3/c1-30(2,3)14-25-31(16-36,21-12-9-18(32)13-23(21)34)26(20-5-4-6-22(33)27(20)35)28(38-25)29(41)37-19-10-7-17(8-11-19)24(40)15-39/h4-13,25-26,28,38-39H,14-15H2,1-3H3,(H,37,41)/t25-,26-,28+,31-/m0/s1. The van der Waals surface area contributed by atoms with Crippen LogP contribution in [-0.4, -0.2) is 35.5 Å². The molecule has 1 aliphatic heterocycles. The van der Waals surface area contributed by atoms with E-state index in [1.165, 1.54) is 54.6 Å². The van der Waals surface area contributed by atoms with Gasteiger partial charge >= 0.3 is 0 Å². The third-order valence-electron chi connectivity index (χ3n) is 7.35. The van der Waals surface area contributed by atoms with Crippen LogP contribution in [0.1, 0.15) is 54.6 Å². The zero-order chi connectivity index (χ0) is 30.1. The number of hydrogen-bond donors (Lipinski definition) is 3. The first-order valence-corrected chi connectivity index (χ1v) is 13.7. The van der Waals surface area contributed by atoms with Crippen LogP contribution < -0.4 is 10.6 Å². The zero-order valence-corrected chi connectivity index (χ0v) is 24.2. The van der Waals surface area contributed by atoms with Gasteiger partial charge in [-0.15, -0.1) is 0 Å². The highest BCUT2D eigenvalue weighted by molar-refractivity contribution is 6.31. The summed E-state index contributed by atoms with van der Waals surface area (Å²) in [6.45, 7) is 5.20. The first kappa shape index (κ1) is 30.6. The maximum absolute atomic E-state index is 15.7. The molecular formula is C31H29Cl2F2N3O3. The predicted octanol–water partition coefficient (Wildman–Crippen LogP) is 6.41. The molecule has 3 N–H and O–H groups in total. The summed E-state index contributed by atoms with van der Waals surface area (Å²) in [6.07, 6.45) is 0.336. The van der Waals surface area contributed by atoms with E-state index in [1.807, 2.05) is 20.8 Å². The van der Waals surface area contributed by atoms with Crippen LogP contribution in [0.2, 0.25) is 10.0 Å². The third-order valence-corrected chi connectivity index (χ3v) is 7.88. The van der Waals surface area contributed by atoms with E-state index in [-0.39, 0.29) is 32.2 Å². The molecule has 0 bridgehead atoms. The van der Waals surface area contributed by atoms with Crippen LogP contribution in [0, 0.1) is 28.4 Å². The molecule has 4 atom stereocenters. The van der Waals surface area contributed by atoms with Crippen molar-refractivity contribution in [2.45, 2.75) is 50.6 Å². The van der Waals surface area contributed by atoms with Crippen LogP contribution >= 0.6 is 23.2 Å². The Labute approximate surface area is 247 Å². The van der Waals surface area contributed by atoms with E-state index in [0.717, 1.165) is 6.07 Å². The maximum atomic E-state index is 15.7. The summed E-state index contributed by atoms with van der Waals surface area (Å²) in [6, 6.07) is 14.5. The Hall–Kier alpha value is -3.35. The summed E-state index contributed by atoms with van der Waals surface area (Å²) in [5, 5.41) is 25.9. The smallest absolute Gasteiger partial charge is 0.242 e. The molecule has 3 aromatic rings. The Morgan fingerprint density at radius 1 is 1.10 bits per heavy atom. The Morgan fingerprint density at radius 2 is 1.78 bits per heavy atom. The summed E-state index contributed by atoms with van der Waals surface area (Å²) in [7, 11) is 0. The fourth-order valence-electron chi connectivity index (χ4n) is 5.61. The van der Waals surface area contributed by atoms with Crippen molar-refractivity contribution in [2.75, 3.05) is 11.9 Å². The van der Waals surface area contributed by atoms with Crippen molar-refractivity contribution in [1.82, 2.24) is 5.32 Å². The third kappa shape index (κ3) is 6.00. The van der Waals surface area contributed by atoms with Gasteiger partial charge in [0.2, 0.25) is 5.91 Å². The Morgan fingerprint density at radius 3 is 2.37 bits per heavy atom. The van der Waals surface area contributed by atoms with Gasteiger partial charge in [0, 0.05) is 33.8 Å². The molecule has 0 unspecified atom stereocenters. The number of Topliss-reactive ketones (excluding diaryl/α,β-unsaturated/α-hetero) is 1. The number of carbonyl (C=O) groups excluding carboxylic acids is 2. The summed E-state index contributed by atoms with van der Waals surface area (Å²) in [5.74, 6) is -3.84. The largest absolute Gasteiger partial charge is 0.388 e. The SMILES string of the molecule is CC(C)(C)C[C@@H]1N[C@@H](C(=O)Nc2ccc(C(=O)CO)cc2)[C@H](c2cccc(Cl)c2F)[C@@]1(C#N)c1ccc(Cl)cc1F. The number of benzene rings is 3. The molecule has 6 nitrogen and oxygen atoms in total. The minimum Gasteiger partial charge on any atom is -0.388 e. The van der Waals surface area contributed by atoms with Gasteiger partial charge in [-0.05, 0) is 59.9 Å². The molecule has 1 amide bonds. The van der Waals surface area contributed by atoms with Gasteiger partial charge in [-0.25, -0.2) is 8.78 Å². The lowest BCUT2D eigenvalue weighted by molar-refractivity contribution is -0.118. The lowest BCUT2D eigenvalue weighted by atomic mass is 9.62. The Kier molecular flexibility index (Phi) is 8.86. The molecule has 4 rings (SSSR count). The summed E-state index contributed by atoms with van der Waals surface area (Å²) >= 11 is 12.2. The molecule has 0 aliphatic carbocycles. The van der Waals surface area contributed by atoms with Crippen LogP contribution in [0.15, 0.2) is 60.7 Å². The van der Waals surface area contributed by atoms with Crippen molar-refractivity contribution in [3.8, 4) is 6.07 Å². The van der Waals surface area contributed by atoms with Gasteiger partial charge in [0.05, 0.1) is 17.1 Å². The number of ketones is 1. The number of aliphatic hydroxyl groups is 1. The van der Waals surface area contributed by atoms with E-state index < -0.39 is 53.3 Å². The Bertz CT molecular complexity index is 1520. The number of halogens is 4. The van der Waals surface area contributed by atoms with Gasteiger partial charge in [0.1, 0.15) is 23.7 Å². The summed E-state index contributed by atoms with van der Waals surface area (Å²) in [4.78, 5) is 25.7. The first-order chi connectivity index (χ1) is 19.3. The number of anilines is 1. The van der Waals surface area contributed by atoms with Gasteiger partial charge in [0.25, 0.3) is 0 Å². The van der Waals surface area contributed by atoms with Crippen LogP contribution in [0.25, 0.3) is 0 Å². The minimum absolute atomic E-state index is 0.0126. The maximum Gasteiger partial charge on any atom is 0.242 e. The second-order valence-corrected chi connectivity index (χ2v) is 12.2. The van der Waals surface area contributed by atoms with Crippen molar-refractivity contribution < 1.29 is 23.5 Å². The molecule has 1 heterocycles. The summed E-state index contributed by atoms with van der Waals surface area (Å²) in [5.41, 5.74) is -1.56. The van der Waals surface area contributed by atoms with Crippen LogP contribution in [-0.2, 0) is 10.2 Å². The average Bonchev–Trinajstić information content (AvgIpc) is 3.23. The molecule has 0 aromatic heterocycles. The number of aliphatic hydroxyl groups excluding tert-OH is 1. The highest BCUT2D eigenvalue weighted by atomic mass is 35.5. The topological polar surface area (TPSA) is 102 Å². The van der Waals surface area contributed by atoms with Gasteiger partial charge in [0.15, 0.2) is 5.78 Å². The molecule has 41 heavy (non-hydrogen) atoms. The Balaban J connectivity index is 1.90. The normalized spacial score (nSPS) is 22.3. The molecule has 0 spiro atoms. The van der Waals surface area contributed by atoms with Crippen LogP contribution in [0.3, 0.4) is 0 Å². The molecule has 0 radical (unpaired) electrons. The lowest BCUT2D eigenvalue weighted by Crippen LogP contribution is -2.45. The van der Waals surface area contributed by atoms with Gasteiger partial charge in [-0.2, -0.15) is 5.26 Å². The molecule has 0 saturated carbocycles. The fourth-order valence-corrected chi connectivity index (χ4v) is 5.95. The second-order valence-electron chi connectivity index (χ2n) is 11.3. The number of nitrogens with one attached hydrogen (secondary N) is 2.